The van der Waals surface area contributed by atoms with Gasteiger partial charge >= 0.3 is 11.9 Å². The first-order valence-electron chi connectivity index (χ1n) is 29.8. The van der Waals surface area contributed by atoms with Crippen LogP contribution in [-0.4, -0.2) is 36.4 Å². The Kier molecular flexibility index (Phi) is 56.8. The Bertz CT molecular complexity index is 1170. The third kappa shape index (κ3) is 56.2. The van der Waals surface area contributed by atoms with Gasteiger partial charge in [-0.2, -0.15) is 0 Å². The Morgan fingerprint density at radius 3 is 0.882 bits per heavy atom. The number of carbonyl (C=O) groups excluding carboxylic acids is 2. The molecule has 0 aliphatic rings. The number of hydrogen-bond donors (Lipinski definition) is 1. The van der Waals surface area contributed by atoms with Gasteiger partial charge < -0.3 is 14.6 Å². The van der Waals surface area contributed by atoms with Crippen LogP contribution in [0.4, 0.5) is 0 Å². The van der Waals surface area contributed by atoms with Gasteiger partial charge in [0.25, 0.3) is 0 Å². The molecule has 1 unspecified atom stereocenters. The van der Waals surface area contributed by atoms with Crippen LogP contribution in [-0.2, 0) is 19.1 Å². The van der Waals surface area contributed by atoms with Crippen LogP contribution in [0.25, 0.3) is 0 Å². The van der Waals surface area contributed by atoms with E-state index in [0.717, 1.165) is 57.8 Å². The molecule has 1 N–H and O–H groups in total. The number of aliphatic hydroxyl groups excluding tert-OH is 1. The highest BCUT2D eigenvalue weighted by atomic mass is 16.6. The summed E-state index contributed by atoms with van der Waals surface area (Å²) < 4.78 is 10.7. The Labute approximate surface area is 423 Å². The number of hydrogen-bond acceptors (Lipinski definition) is 5. The number of carbonyl (C=O) groups is 2. The second-order valence-corrected chi connectivity index (χ2v) is 20.1. The molecule has 0 aliphatic heterocycles. The first-order chi connectivity index (χ1) is 33.6. The molecule has 1 atom stereocenters. The van der Waals surface area contributed by atoms with Gasteiger partial charge in [0.05, 0.1) is 6.61 Å². The highest BCUT2D eigenvalue weighted by Crippen LogP contribution is 2.17. The summed E-state index contributed by atoms with van der Waals surface area (Å²) in [5, 5.41) is 9.67. The molecule has 5 nitrogen and oxygen atoms in total. The van der Waals surface area contributed by atoms with Crippen LogP contribution in [0.2, 0.25) is 0 Å². The second kappa shape index (κ2) is 58.9. The summed E-state index contributed by atoms with van der Waals surface area (Å²) >= 11 is 0. The fourth-order valence-electron chi connectivity index (χ4n) is 8.77. The number of aliphatic hydroxyl groups is 1. The van der Waals surface area contributed by atoms with Gasteiger partial charge in [-0.05, 0) is 83.5 Å². The third-order valence-corrected chi connectivity index (χ3v) is 13.3. The summed E-state index contributed by atoms with van der Waals surface area (Å²) in [5.74, 6) is -0.581. The molecule has 0 spiro atoms. The van der Waals surface area contributed by atoms with Crippen molar-refractivity contribution in [2.75, 3.05) is 13.2 Å². The molecule has 0 amide bonds. The van der Waals surface area contributed by atoms with Crippen LogP contribution in [0, 0.1) is 0 Å². The Morgan fingerprint density at radius 2 is 0.588 bits per heavy atom. The van der Waals surface area contributed by atoms with Crippen LogP contribution in [0.5, 0.6) is 0 Å². The van der Waals surface area contributed by atoms with Crippen LogP contribution < -0.4 is 0 Å². The van der Waals surface area contributed by atoms with Crippen LogP contribution in [0.3, 0.4) is 0 Å². The Morgan fingerprint density at radius 1 is 0.338 bits per heavy atom. The maximum absolute atomic E-state index is 12.3. The summed E-state index contributed by atoms with van der Waals surface area (Å²) in [4.78, 5) is 24.6. The molecule has 0 rings (SSSR count). The monoisotopic (exact) mass is 951 g/mol. The number of ether oxygens (including phenoxy) is 2. The first-order valence-corrected chi connectivity index (χ1v) is 29.8. The fourth-order valence-corrected chi connectivity index (χ4v) is 8.77. The predicted molar refractivity (Wildman–Crippen MR) is 297 cm³/mol. The largest absolute Gasteiger partial charge is 0.462 e. The minimum absolute atomic E-state index is 0.0652. The van der Waals surface area contributed by atoms with E-state index >= 15 is 0 Å². The smallest absolute Gasteiger partial charge is 0.306 e. The van der Waals surface area contributed by atoms with Crippen LogP contribution in [0.1, 0.15) is 309 Å². The molecule has 0 aliphatic carbocycles. The van der Waals surface area contributed by atoms with Gasteiger partial charge in [0.15, 0.2) is 6.10 Å². The topological polar surface area (TPSA) is 72.8 Å². The van der Waals surface area contributed by atoms with Gasteiger partial charge in [-0.3, -0.25) is 9.59 Å². The summed E-state index contributed by atoms with van der Waals surface area (Å²) in [5.41, 5.74) is 0. The van der Waals surface area contributed by atoms with E-state index in [-0.39, 0.29) is 25.2 Å². The summed E-state index contributed by atoms with van der Waals surface area (Å²) in [7, 11) is 0. The molecule has 0 aromatic heterocycles. The molecule has 68 heavy (non-hydrogen) atoms. The van der Waals surface area contributed by atoms with Gasteiger partial charge in [-0.1, -0.05) is 274 Å². The zero-order valence-corrected chi connectivity index (χ0v) is 45.4. The van der Waals surface area contributed by atoms with Crippen molar-refractivity contribution >= 4 is 11.9 Å². The van der Waals surface area contributed by atoms with E-state index in [2.05, 4.69) is 74.6 Å². The Balaban J connectivity index is 3.47. The molecule has 0 fully saturated rings. The lowest BCUT2D eigenvalue weighted by Crippen LogP contribution is -2.28. The average molecular weight is 952 g/mol. The highest BCUT2D eigenvalue weighted by molar-refractivity contribution is 5.70. The van der Waals surface area contributed by atoms with E-state index in [1.165, 1.54) is 225 Å². The zero-order valence-electron chi connectivity index (χ0n) is 45.4. The SMILES string of the molecule is CCCCCCC/C=C\C/C=C\C/C=C\CCCCCCCCCCCCCCCCC(=O)OC(CO)COC(=O)CCCCCCCCCCCCCCC/C=C\C/C=C\CCCCCCC. The lowest BCUT2D eigenvalue weighted by atomic mass is 10.0. The molecule has 0 bridgehead atoms. The highest BCUT2D eigenvalue weighted by Gasteiger charge is 2.16. The number of unbranched alkanes of at least 4 members (excludes halogenated alkanes) is 37. The molecule has 0 aromatic carbocycles. The average Bonchev–Trinajstić information content (AvgIpc) is 3.34. The molecular weight excluding hydrogens is 837 g/mol. The molecule has 5 heteroatoms. The minimum Gasteiger partial charge on any atom is -0.462 e. The van der Waals surface area contributed by atoms with E-state index in [0.29, 0.717) is 12.8 Å². The molecule has 0 heterocycles. The van der Waals surface area contributed by atoms with Gasteiger partial charge in [0, 0.05) is 12.8 Å². The van der Waals surface area contributed by atoms with Crippen molar-refractivity contribution in [2.45, 2.75) is 315 Å². The lowest BCUT2D eigenvalue weighted by molar-refractivity contribution is -0.161. The Hall–Kier alpha value is -2.40. The van der Waals surface area contributed by atoms with Gasteiger partial charge in [-0.25, -0.2) is 0 Å². The second-order valence-electron chi connectivity index (χ2n) is 20.1. The summed E-state index contributed by atoms with van der Waals surface area (Å²) in [6.45, 7) is 4.15. The maximum Gasteiger partial charge on any atom is 0.306 e. The van der Waals surface area contributed by atoms with E-state index < -0.39 is 6.10 Å². The quantitative estimate of drug-likeness (QED) is 0.0374. The summed E-state index contributed by atoms with van der Waals surface area (Å²) in [6, 6.07) is 0. The predicted octanol–water partition coefficient (Wildman–Crippen LogP) is 20.2. The van der Waals surface area contributed by atoms with Crippen molar-refractivity contribution in [3.05, 3.63) is 60.8 Å². The van der Waals surface area contributed by atoms with Crippen molar-refractivity contribution in [1.82, 2.24) is 0 Å². The van der Waals surface area contributed by atoms with Crippen molar-refractivity contribution in [1.29, 1.82) is 0 Å². The third-order valence-electron chi connectivity index (χ3n) is 13.3. The lowest BCUT2D eigenvalue weighted by Gasteiger charge is -2.15. The zero-order chi connectivity index (χ0) is 49.2. The van der Waals surface area contributed by atoms with Crippen molar-refractivity contribution < 1.29 is 24.2 Å². The van der Waals surface area contributed by atoms with Crippen LogP contribution >= 0.6 is 0 Å². The number of esters is 2. The molecular formula is C63H114O5. The van der Waals surface area contributed by atoms with Gasteiger partial charge in [0.2, 0.25) is 0 Å². The standard InChI is InChI=1S/C63H114O5/c1-3-5-7-9-11-13-15-17-19-21-23-25-27-29-30-31-32-34-36-38-40-42-44-46-48-50-52-54-56-58-63(66)68-61(59-64)60-67-62(65)57-55-53-51-49-47-45-43-41-39-37-35-33-28-26-24-22-20-18-16-14-12-10-8-6-4-2/h15-18,21-24,27,29,61,64H,3-14,19-20,25-26,28,30-60H2,1-2H3/b17-15-,18-16-,23-21-,24-22-,29-27-. The maximum atomic E-state index is 12.3. The first kappa shape index (κ1) is 65.6. The van der Waals surface area contributed by atoms with Crippen molar-refractivity contribution in [3.63, 3.8) is 0 Å². The minimum atomic E-state index is -0.774. The molecule has 0 radical (unpaired) electrons. The molecule has 0 aromatic rings. The number of allylic oxidation sites excluding steroid dienone is 10. The van der Waals surface area contributed by atoms with E-state index in [1.807, 2.05) is 0 Å². The van der Waals surface area contributed by atoms with Crippen LogP contribution in [0.15, 0.2) is 60.8 Å². The van der Waals surface area contributed by atoms with E-state index in [4.69, 9.17) is 9.47 Å². The number of rotatable bonds is 55. The van der Waals surface area contributed by atoms with Gasteiger partial charge in [0.1, 0.15) is 6.61 Å². The normalized spacial score (nSPS) is 12.6. The van der Waals surface area contributed by atoms with Gasteiger partial charge in [-0.15, -0.1) is 0 Å². The molecule has 396 valence electrons. The summed E-state index contributed by atoms with van der Waals surface area (Å²) in [6.07, 6.45) is 79.1. The fraction of sp³-hybridized carbons (Fsp3) is 0.810. The van der Waals surface area contributed by atoms with Crippen molar-refractivity contribution in [2.24, 2.45) is 0 Å². The molecule has 0 saturated carbocycles. The molecule has 0 saturated heterocycles. The van der Waals surface area contributed by atoms with E-state index in [9.17, 15) is 14.7 Å². The van der Waals surface area contributed by atoms with Crippen molar-refractivity contribution in [3.8, 4) is 0 Å². The van der Waals surface area contributed by atoms with E-state index in [1.54, 1.807) is 0 Å².